The Kier molecular flexibility index (Phi) is 12.7. The topological polar surface area (TPSA) is 144 Å². The monoisotopic (exact) mass is 758 g/mol. The summed E-state index contributed by atoms with van der Waals surface area (Å²) in [6.45, 7) is 4.85. The maximum Gasteiger partial charge on any atom is 0.187 e. The maximum absolute atomic E-state index is 13.7. The number of Topliss-reactive ketones (excluding diaryl/α,β-unsaturated/α-hetero) is 1. The van der Waals surface area contributed by atoms with Gasteiger partial charge in [0.15, 0.2) is 17.7 Å². The Hall–Kier alpha value is -4.38. The summed E-state index contributed by atoms with van der Waals surface area (Å²) in [7, 11) is 0. The molecule has 296 valence electrons. The van der Waals surface area contributed by atoms with Gasteiger partial charge in [0.05, 0.1) is 35.9 Å². The molecule has 2 aromatic rings. The van der Waals surface area contributed by atoms with E-state index in [1.54, 1.807) is 0 Å². The lowest BCUT2D eigenvalue weighted by Crippen LogP contribution is -2.47. The highest BCUT2D eigenvalue weighted by Gasteiger charge is 2.48. The highest BCUT2D eigenvalue weighted by Crippen LogP contribution is 2.49. The van der Waals surface area contributed by atoms with Crippen LogP contribution in [-0.2, 0) is 17.6 Å². The number of allylic oxidation sites excluding steroid dienone is 1. The molecule has 56 heavy (non-hydrogen) atoms. The molecule has 2 bridgehead atoms. The van der Waals surface area contributed by atoms with Crippen LogP contribution in [0.4, 0.5) is 0 Å². The molecule has 5 aliphatic rings. The van der Waals surface area contributed by atoms with Gasteiger partial charge < -0.3 is 36.1 Å². The molecule has 5 atom stereocenters. The normalized spacial score (nSPS) is 22.7. The van der Waals surface area contributed by atoms with Gasteiger partial charge in [-0.25, -0.2) is 0 Å². The quantitative estimate of drug-likeness (QED) is 0.0893. The van der Waals surface area contributed by atoms with Crippen LogP contribution in [-0.4, -0.2) is 45.5 Å². The van der Waals surface area contributed by atoms with E-state index in [2.05, 4.69) is 48.8 Å². The van der Waals surface area contributed by atoms with Crippen molar-refractivity contribution in [1.82, 2.24) is 4.90 Å². The third kappa shape index (κ3) is 8.62. The Morgan fingerprint density at radius 3 is 2.57 bits per heavy atom. The Labute approximate surface area is 332 Å². The molecule has 2 aromatic carbocycles. The number of aliphatic hydroxyl groups excluding tert-OH is 2. The smallest absolute Gasteiger partial charge is 0.187 e. The zero-order valence-electron chi connectivity index (χ0n) is 33.1. The minimum Gasteiger partial charge on any atom is -0.465 e. The number of unbranched alkanes of at least 4 members (excludes halogenated alkanes) is 4. The zero-order chi connectivity index (χ0) is 39.2. The molecule has 0 amide bonds. The molecule has 1 fully saturated rings. The van der Waals surface area contributed by atoms with Gasteiger partial charge in [0, 0.05) is 36.7 Å². The predicted octanol–water partition coefficient (Wildman–Crippen LogP) is 7.31. The molecule has 0 saturated heterocycles. The van der Waals surface area contributed by atoms with E-state index in [1.807, 2.05) is 42.6 Å². The molecule has 9 nitrogen and oxygen atoms in total. The van der Waals surface area contributed by atoms with Crippen LogP contribution in [0, 0.1) is 41.1 Å². The van der Waals surface area contributed by atoms with Gasteiger partial charge in [0.25, 0.3) is 0 Å². The van der Waals surface area contributed by atoms with Crippen LogP contribution >= 0.6 is 0 Å². The average molecular weight is 759 g/mol. The highest BCUT2D eigenvalue weighted by atomic mass is 16.5. The second-order valence-electron chi connectivity index (χ2n) is 16.4. The van der Waals surface area contributed by atoms with Gasteiger partial charge >= 0.3 is 0 Å². The molecular weight excluding hydrogens is 701 g/mol. The van der Waals surface area contributed by atoms with Crippen molar-refractivity contribution in [2.75, 3.05) is 6.54 Å². The molecular formula is C47H58N4O5. The van der Waals surface area contributed by atoms with Crippen LogP contribution < -0.4 is 20.9 Å². The van der Waals surface area contributed by atoms with E-state index in [0.29, 0.717) is 49.3 Å². The number of nitrogens with zero attached hydrogens (tertiary/aromatic N) is 2. The fraction of sp³-hybridized carbons (Fsp3) is 0.532. The lowest BCUT2D eigenvalue weighted by Gasteiger charge is -2.39. The van der Waals surface area contributed by atoms with Crippen LogP contribution in [0.25, 0.3) is 0 Å². The van der Waals surface area contributed by atoms with Crippen molar-refractivity contribution in [2.45, 2.75) is 135 Å². The van der Waals surface area contributed by atoms with Crippen molar-refractivity contribution in [3.05, 3.63) is 82.2 Å². The van der Waals surface area contributed by atoms with Crippen LogP contribution in [0.5, 0.6) is 11.5 Å². The standard InChI is InChI=1S/C47H58N4O5/c1-3-5-7-11-36(40(52)12-8-6-4-2)42(54)18-13-31-14-20-43-44(25-31)56-46-38(47(23-24-55-43)21-9-10-22-47)17-19-41(53)35-16-15-32(45(48)49)26-33(35)27-34-28-50-39-30-51(46)29-37(34)39/h14-16,20,25-26,28-29,36,38,40-41,45-46,52-53H,3-13,18,21-22,27,30,48-49H2,1-2H3. The Morgan fingerprint density at radius 1 is 1.02 bits per heavy atom. The minimum absolute atomic E-state index is 0.122. The Balaban J connectivity index is 1.21. The summed E-state index contributed by atoms with van der Waals surface area (Å²) in [6.07, 6.45) is 16.9. The minimum atomic E-state index is -1.06. The Bertz CT molecular complexity index is 1990. The van der Waals surface area contributed by atoms with Crippen LogP contribution in [0.15, 0.2) is 64.9 Å². The molecule has 5 unspecified atom stereocenters. The fourth-order valence-corrected chi connectivity index (χ4v) is 9.12. The van der Waals surface area contributed by atoms with Crippen molar-refractivity contribution >= 4 is 11.5 Å². The summed E-state index contributed by atoms with van der Waals surface area (Å²) in [4.78, 5) is 20.8. The highest BCUT2D eigenvalue weighted by molar-refractivity contribution is 6.09. The molecule has 9 heteroatoms. The number of benzene rings is 2. The van der Waals surface area contributed by atoms with Gasteiger partial charge in [0.2, 0.25) is 0 Å². The first-order valence-corrected chi connectivity index (χ1v) is 21.0. The summed E-state index contributed by atoms with van der Waals surface area (Å²) in [5.41, 5.74) is 18.0. The lowest BCUT2D eigenvalue weighted by molar-refractivity contribution is -0.126. The van der Waals surface area contributed by atoms with Gasteiger partial charge in [-0.2, -0.15) is 0 Å². The summed E-state index contributed by atoms with van der Waals surface area (Å²) in [5, 5.41) is 22.8. The van der Waals surface area contributed by atoms with Crippen LogP contribution in [0.1, 0.15) is 132 Å². The number of ether oxygens (including phenoxy) is 2. The van der Waals surface area contributed by atoms with E-state index in [1.165, 1.54) is 0 Å². The van der Waals surface area contributed by atoms with Gasteiger partial charge in [-0.1, -0.05) is 107 Å². The van der Waals surface area contributed by atoms with Gasteiger partial charge in [0.1, 0.15) is 18.0 Å². The molecule has 6 N–H and O–H groups in total. The average Bonchev–Trinajstić information content (AvgIpc) is 3.94. The van der Waals surface area contributed by atoms with E-state index >= 15 is 0 Å². The first-order valence-electron chi connectivity index (χ1n) is 21.0. The maximum atomic E-state index is 13.7. The van der Waals surface area contributed by atoms with Crippen LogP contribution in [0.2, 0.25) is 0 Å². The third-order valence-electron chi connectivity index (χ3n) is 12.4. The van der Waals surface area contributed by atoms with Crippen molar-refractivity contribution in [1.29, 1.82) is 0 Å². The SMILES string of the molecule is CCCCCC(O)C(CCCCC)C(=O)CCc1ccc2c(c1)OC1C(C#CC(O)c3ccc(C(N)N)cc3CC3=CN=C4CN1C=C34)C1(C#CO2)CCCC1. The summed E-state index contributed by atoms with van der Waals surface area (Å²) in [5.74, 6) is 10.7. The first-order chi connectivity index (χ1) is 27.2. The van der Waals surface area contributed by atoms with E-state index in [9.17, 15) is 15.0 Å². The number of carbonyl (C=O) groups excluding carboxylic acids is 1. The fourth-order valence-electron chi connectivity index (χ4n) is 9.12. The van der Waals surface area contributed by atoms with Gasteiger partial charge in [-0.05, 0) is 72.1 Å². The van der Waals surface area contributed by atoms with Gasteiger partial charge in [-0.3, -0.25) is 9.79 Å². The third-order valence-corrected chi connectivity index (χ3v) is 12.4. The molecule has 7 rings (SSSR count). The van der Waals surface area contributed by atoms with Crippen molar-refractivity contribution < 1.29 is 24.5 Å². The van der Waals surface area contributed by atoms with E-state index in [4.69, 9.17) is 25.9 Å². The zero-order valence-corrected chi connectivity index (χ0v) is 33.1. The Morgan fingerprint density at radius 2 is 1.80 bits per heavy atom. The van der Waals surface area contributed by atoms with Crippen molar-refractivity contribution in [3.63, 3.8) is 0 Å². The van der Waals surface area contributed by atoms with Gasteiger partial charge in [-0.15, -0.1) is 0 Å². The number of aliphatic imine (C=N–C) groups is 1. The largest absolute Gasteiger partial charge is 0.465 e. The number of rotatable bonds is 14. The van der Waals surface area contributed by atoms with Crippen molar-refractivity contribution in [2.24, 2.45) is 33.7 Å². The number of carbonyl (C=O) groups is 1. The number of aryl methyl sites for hydroxylation is 1. The van der Waals surface area contributed by atoms with E-state index in [0.717, 1.165) is 104 Å². The second-order valence-corrected chi connectivity index (χ2v) is 16.4. The number of hydrogen-bond acceptors (Lipinski definition) is 9. The molecule has 4 aliphatic heterocycles. The molecule has 1 saturated carbocycles. The number of aliphatic hydroxyl groups is 2. The molecule has 4 heterocycles. The summed E-state index contributed by atoms with van der Waals surface area (Å²) >= 11 is 0. The second kappa shape index (κ2) is 17.8. The van der Waals surface area contributed by atoms with Crippen molar-refractivity contribution in [3.8, 4) is 35.4 Å². The number of fused-ring (bicyclic) bond motifs is 6. The van der Waals surface area contributed by atoms with E-state index < -0.39 is 35.9 Å². The number of nitrogens with two attached hydrogens (primary N) is 2. The summed E-state index contributed by atoms with van der Waals surface area (Å²) in [6, 6.07) is 11.6. The molecule has 1 spiro atoms. The lowest BCUT2D eigenvalue weighted by atomic mass is 9.73. The van der Waals surface area contributed by atoms with Crippen LogP contribution in [0.3, 0.4) is 0 Å². The first kappa shape index (κ1) is 39.8. The molecule has 1 aliphatic carbocycles. The molecule has 0 aromatic heterocycles. The summed E-state index contributed by atoms with van der Waals surface area (Å²) < 4.78 is 13.3. The molecule has 0 radical (unpaired) electrons. The van der Waals surface area contributed by atoms with E-state index in [-0.39, 0.29) is 11.7 Å². The number of ketones is 1. The number of hydrogen-bond donors (Lipinski definition) is 4. The predicted molar refractivity (Wildman–Crippen MR) is 219 cm³/mol.